The van der Waals surface area contributed by atoms with Gasteiger partial charge in [0, 0.05) is 24.5 Å². The van der Waals surface area contributed by atoms with E-state index in [1.165, 1.54) is 25.1 Å². The van der Waals surface area contributed by atoms with Crippen LogP contribution in [0.15, 0.2) is 24.4 Å². The highest BCUT2D eigenvalue weighted by molar-refractivity contribution is 5.03. The molecule has 1 aliphatic rings. The molecule has 1 nitrogen and oxygen atoms in total. The summed E-state index contributed by atoms with van der Waals surface area (Å²) >= 11 is 0. The van der Waals surface area contributed by atoms with E-state index >= 15 is 0 Å². The van der Waals surface area contributed by atoms with Crippen LogP contribution < -0.4 is 4.57 Å². The normalized spacial score (nSPS) is 22.8. The van der Waals surface area contributed by atoms with Crippen LogP contribution in [0.3, 0.4) is 0 Å². The fourth-order valence-corrected chi connectivity index (χ4v) is 1.86. The summed E-state index contributed by atoms with van der Waals surface area (Å²) in [6.07, 6.45) is 4.87. The summed E-state index contributed by atoms with van der Waals surface area (Å²) in [5.41, 5.74) is 1.50. The quantitative estimate of drug-likeness (QED) is 0.494. The van der Waals surface area contributed by atoms with Gasteiger partial charge >= 0.3 is 0 Å². The molecule has 0 spiro atoms. The lowest BCUT2D eigenvalue weighted by atomic mass is 9.97. The van der Waals surface area contributed by atoms with E-state index in [4.69, 9.17) is 0 Å². The van der Waals surface area contributed by atoms with Crippen LogP contribution >= 0.6 is 0 Å². The maximum absolute atomic E-state index is 2.37. The van der Waals surface area contributed by atoms with E-state index in [-0.39, 0.29) is 0 Å². The highest BCUT2D eigenvalue weighted by atomic mass is 15.0. The fraction of sp³-hybridized carbons (Fsp3) is 0.500. The van der Waals surface area contributed by atoms with Gasteiger partial charge in [-0.25, -0.2) is 4.57 Å². The number of aromatic nitrogens is 1. The Balaban J connectivity index is 2.44. The predicted molar refractivity (Wildman–Crippen MR) is 44.3 cm³/mol. The second kappa shape index (κ2) is 2.65. The number of nitrogens with zero attached hydrogens (tertiary/aromatic N) is 1. The van der Waals surface area contributed by atoms with Crippen molar-refractivity contribution in [2.45, 2.75) is 32.2 Å². The number of fused-ring (bicyclic) bond motifs is 1. The van der Waals surface area contributed by atoms with Crippen molar-refractivity contribution in [2.24, 2.45) is 0 Å². The molecule has 58 valence electrons. The molecule has 1 unspecified atom stereocenters. The zero-order chi connectivity index (χ0) is 7.68. The lowest BCUT2D eigenvalue weighted by Gasteiger charge is -2.15. The van der Waals surface area contributed by atoms with Crippen molar-refractivity contribution in [3.05, 3.63) is 30.1 Å². The van der Waals surface area contributed by atoms with Gasteiger partial charge in [-0.2, -0.15) is 0 Å². The summed E-state index contributed by atoms with van der Waals surface area (Å²) in [4.78, 5) is 0. The Morgan fingerprint density at radius 2 is 2.36 bits per heavy atom. The van der Waals surface area contributed by atoms with Crippen LogP contribution in [0.25, 0.3) is 0 Å². The van der Waals surface area contributed by atoms with E-state index in [1.54, 1.807) is 0 Å². The molecule has 0 N–H and O–H groups in total. The predicted octanol–water partition coefficient (Wildman–Crippen LogP) is 1.87. The number of rotatable bonds is 0. The summed E-state index contributed by atoms with van der Waals surface area (Å²) < 4.78 is 2.37. The van der Waals surface area contributed by atoms with Crippen molar-refractivity contribution < 1.29 is 4.57 Å². The van der Waals surface area contributed by atoms with Crippen LogP contribution in [0.2, 0.25) is 0 Å². The lowest BCUT2D eigenvalue weighted by molar-refractivity contribution is -0.710. The summed E-state index contributed by atoms with van der Waals surface area (Å²) in [7, 11) is 0. The van der Waals surface area contributed by atoms with Gasteiger partial charge in [-0.05, 0) is 6.42 Å². The fourth-order valence-electron chi connectivity index (χ4n) is 1.86. The molecule has 1 aliphatic heterocycles. The molecule has 1 atom stereocenters. The zero-order valence-electron chi connectivity index (χ0n) is 6.96. The Hall–Kier alpha value is -0.850. The molecule has 1 aromatic heterocycles. The second-order valence-electron chi connectivity index (χ2n) is 3.36. The van der Waals surface area contributed by atoms with Crippen LogP contribution in [-0.2, 0) is 6.54 Å². The van der Waals surface area contributed by atoms with Gasteiger partial charge in [0.15, 0.2) is 11.9 Å². The molecule has 0 saturated heterocycles. The standard InChI is InChI=1S/C10H14N/c1-9-5-4-8-11-7-3-2-6-10(9)11/h2-3,6-7,9H,4-5,8H2,1H3/q+1. The van der Waals surface area contributed by atoms with Crippen LogP contribution in [0.5, 0.6) is 0 Å². The summed E-state index contributed by atoms with van der Waals surface area (Å²) in [6, 6.07) is 6.49. The van der Waals surface area contributed by atoms with E-state index in [0.29, 0.717) is 0 Å². The molecule has 0 amide bonds. The Bertz CT molecular complexity index is 255. The molecule has 11 heavy (non-hydrogen) atoms. The van der Waals surface area contributed by atoms with Crippen molar-refractivity contribution in [3.8, 4) is 0 Å². The minimum absolute atomic E-state index is 0.755. The number of hydrogen-bond donors (Lipinski definition) is 0. The van der Waals surface area contributed by atoms with E-state index in [1.807, 2.05) is 0 Å². The first-order valence-corrected chi connectivity index (χ1v) is 4.36. The van der Waals surface area contributed by atoms with Gasteiger partial charge in [0.25, 0.3) is 0 Å². The molecule has 0 radical (unpaired) electrons. The van der Waals surface area contributed by atoms with Gasteiger partial charge in [0.05, 0.1) is 0 Å². The molecule has 1 aromatic rings. The van der Waals surface area contributed by atoms with Crippen molar-refractivity contribution in [3.63, 3.8) is 0 Å². The first kappa shape index (κ1) is 6.84. The minimum atomic E-state index is 0.755. The molecule has 0 saturated carbocycles. The lowest BCUT2D eigenvalue weighted by Crippen LogP contribution is -2.41. The first-order chi connectivity index (χ1) is 5.38. The third-order valence-corrected chi connectivity index (χ3v) is 2.52. The molecular formula is C10H14N+. The highest BCUT2D eigenvalue weighted by Crippen LogP contribution is 2.20. The number of hydrogen-bond acceptors (Lipinski definition) is 0. The van der Waals surface area contributed by atoms with Crippen molar-refractivity contribution in [1.82, 2.24) is 0 Å². The van der Waals surface area contributed by atoms with Crippen LogP contribution in [0.4, 0.5) is 0 Å². The number of aryl methyl sites for hydroxylation is 1. The smallest absolute Gasteiger partial charge is 0.184 e. The van der Waals surface area contributed by atoms with Crippen molar-refractivity contribution in [2.75, 3.05) is 0 Å². The van der Waals surface area contributed by atoms with Gasteiger partial charge < -0.3 is 0 Å². The van der Waals surface area contributed by atoms with Crippen LogP contribution in [0.1, 0.15) is 31.4 Å². The average molecular weight is 148 g/mol. The molecule has 1 heteroatoms. The Labute approximate surface area is 67.7 Å². The molecule has 0 bridgehead atoms. The largest absolute Gasteiger partial charge is 0.202 e. The Morgan fingerprint density at radius 1 is 1.45 bits per heavy atom. The summed E-state index contributed by atoms with van der Waals surface area (Å²) in [5.74, 6) is 0.755. The van der Waals surface area contributed by atoms with Gasteiger partial charge in [-0.3, -0.25) is 0 Å². The Kier molecular flexibility index (Phi) is 1.65. The minimum Gasteiger partial charge on any atom is -0.202 e. The summed E-state index contributed by atoms with van der Waals surface area (Å²) in [6.45, 7) is 3.52. The van der Waals surface area contributed by atoms with E-state index in [2.05, 4.69) is 35.9 Å². The van der Waals surface area contributed by atoms with Crippen molar-refractivity contribution in [1.29, 1.82) is 0 Å². The van der Waals surface area contributed by atoms with Gasteiger partial charge in [0.1, 0.15) is 6.54 Å². The van der Waals surface area contributed by atoms with Gasteiger partial charge in [-0.1, -0.05) is 13.0 Å². The summed E-state index contributed by atoms with van der Waals surface area (Å²) in [5, 5.41) is 0. The molecule has 0 aromatic carbocycles. The third kappa shape index (κ3) is 1.15. The van der Waals surface area contributed by atoms with Crippen molar-refractivity contribution >= 4 is 0 Å². The monoisotopic (exact) mass is 148 g/mol. The molecular weight excluding hydrogens is 134 g/mol. The van der Waals surface area contributed by atoms with Gasteiger partial charge in [0.2, 0.25) is 0 Å². The maximum Gasteiger partial charge on any atom is 0.184 e. The molecule has 2 heterocycles. The first-order valence-electron chi connectivity index (χ1n) is 4.36. The average Bonchev–Trinajstić information content (AvgIpc) is 2.06. The Morgan fingerprint density at radius 3 is 3.18 bits per heavy atom. The van der Waals surface area contributed by atoms with E-state index in [0.717, 1.165) is 5.92 Å². The molecule has 0 aliphatic carbocycles. The second-order valence-corrected chi connectivity index (χ2v) is 3.36. The topological polar surface area (TPSA) is 3.88 Å². The SMILES string of the molecule is CC1CCC[n+]2ccccc21. The third-order valence-electron chi connectivity index (χ3n) is 2.52. The molecule has 2 rings (SSSR count). The van der Waals surface area contributed by atoms with Crippen LogP contribution in [-0.4, -0.2) is 0 Å². The molecule has 0 fully saturated rings. The van der Waals surface area contributed by atoms with E-state index < -0.39 is 0 Å². The van der Waals surface area contributed by atoms with Crippen LogP contribution in [0, 0.1) is 0 Å². The number of pyridine rings is 1. The zero-order valence-corrected chi connectivity index (χ0v) is 6.96. The highest BCUT2D eigenvalue weighted by Gasteiger charge is 2.21. The van der Waals surface area contributed by atoms with E-state index in [9.17, 15) is 0 Å². The van der Waals surface area contributed by atoms with Gasteiger partial charge in [-0.15, -0.1) is 0 Å². The maximum atomic E-state index is 2.37.